The summed E-state index contributed by atoms with van der Waals surface area (Å²) in [6.07, 6.45) is 0. The number of carboxylic acid groups (broad SMARTS) is 1. The Hall–Kier alpha value is -2.37. The third-order valence-corrected chi connectivity index (χ3v) is 1.97. The lowest BCUT2D eigenvalue weighted by Gasteiger charge is -2.06. The molecule has 0 saturated carbocycles. The molecule has 0 aliphatic heterocycles. The number of rotatable bonds is 4. The molecule has 0 aromatic heterocycles. The summed E-state index contributed by atoms with van der Waals surface area (Å²) in [6.45, 7) is 0. The van der Waals surface area contributed by atoms with Crippen molar-refractivity contribution in [2.24, 2.45) is 5.16 Å². The van der Waals surface area contributed by atoms with E-state index in [0.717, 1.165) is 0 Å². The predicted molar refractivity (Wildman–Crippen MR) is 59.0 cm³/mol. The molecule has 90 valence electrons. The Bertz CT molecular complexity index is 467. The first-order valence-electron chi connectivity index (χ1n) is 4.64. The highest BCUT2D eigenvalue weighted by atomic mass is 16.6. The molecule has 6 nitrogen and oxygen atoms in total. The predicted octanol–water partition coefficient (Wildman–Crippen LogP) is 0.908. The number of carbonyl (C=O) groups is 2. The number of esters is 1. The van der Waals surface area contributed by atoms with Gasteiger partial charge in [-0.15, -0.1) is 0 Å². The first-order valence-corrected chi connectivity index (χ1v) is 4.64. The number of carbonyl (C=O) groups excluding carboxylic acids is 1. The number of ether oxygens (including phenoxy) is 1. The lowest BCUT2D eigenvalue weighted by atomic mass is 10.0. The zero-order valence-corrected chi connectivity index (χ0v) is 9.34. The Morgan fingerprint density at radius 3 is 2.24 bits per heavy atom. The van der Waals surface area contributed by atoms with Gasteiger partial charge >= 0.3 is 11.9 Å². The molecule has 0 saturated heterocycles. The highest BCUT2D eigenvalue weighted by Gasteiger charge is 2.21. The molecule has 0 aliphatic rings. The molecule has 0 unspecified atom stereocenters. The van der Waals surface area contributed by atoms with Gasteiger partial charge in [0.2, 0.25) is 0 Å². The zero-order chi connectivity index (χ0) is 12.8. The second kappa shape index (κ2) is 5.64. The maximum Gasteiger partial charge on any atom is 0.360 e. The average Bonchev–Trinajstić information content (AvgIpc) is 2.35. The van der Waals surface area contributed by atoms with Gasteiger partial charge in [-0.05, 0) is 6.07 Å². The van der Waals surface area contributed by atoms with E-state index in [9.17, 15) is 9.59 Å². The fourth-order valence-corrected chi connectivity index (χ4v) is 1.26. The molecule has 0 amide bonds. The summed E-state index contributed by atoms with van der Waals surface area (Å²) in [5.74, 6) is -1.92. The van der Waals surface area contributed by atoms with Crippen molar-refractivity contribution in [3.63, 3.8) is 0 Å². The van der Waals surface area contributed by atoms with Crippen LogP contribution in [0.4, 0.5) is 0 Å². The average molecular weight is 237 g/mol. The maximum absolute atomic E-state index is 11.5. The lowest BCUT2D eigenvalue weighted by Crippen LogP contribution is -2.20. The molecule has 0 bridgehead atoms. The van der Waals surface area contributed by atoms with E-state index in [4.69, 9.17) is 5.11 Å². The molecule has 17 heavy (non-hydrogen) atoms. The fraction of sp³-hybridized carbons (Fsp3) is 0.182. The summed E-state index contributed by atoms with van der Waals surface area (Å²) in [7, 11) is 2.43. The van der Waals surface area contributed by atoms with Crippen molar-refractivity contribution in [3.05, 3.63) is 35.4 Å². The van der Waals surface area contributed by atoms with Gasteiger partial charge in [0.25, 0.3) is 0 Å². The van der Waals surface area contributed by atoms with Gasteiger partial charge < -0.3 is 14.7 Å². The Morgan fingerprint density at radius 2 is 1.76 bits per heavy atom. The number of benzene rings is 1. The van der Waals surface area contributed by atoms with Crippen LogP contribution in [0.3, 0.4) is 0 Å². The van der Waals surface area contributed by atoms with Crippen molar-refractivity contribution < 1.29 is 24.3 Å². The summed E-state index contributed by atoms with van der Waals surface area (Å²) < 4.78 is 4.51. The molecule has 1 aromatic rings. The molecule has 0 radical (unpaired) electrons. The van der Waals surface area contributed by atoms with Crippen LogP contribution in [-0.2, 0) is 14.4 Å². The van der Waals surface area contributed by atoms with Crippen molar-refractivity contribution in [1.29, 1.82) is 0 Å². The van der Waals surface area contributed by atoms with Crippen LogP contribution in [0.15, 0.2) is 29.4 Å². The molecule has 0 atom stereocenters. The first kappa shape index (κ1) is 12.7. The molecule has 0 fully saturated rings. The molecule has 6 heteroatoms. The van der Waals surface area contributed by atoms with Crippen LogP contribution in [0.2, 0.25) is 0 Å². The summed E-state index contributed by atoms with van der Waals surface area (Å²) in [5.41, 5.74) is -0.0876. The quantitative estimate of drug-likeness (QED) is 0.478. The van der Waals surface area contributed by atoms with E-state index in [1.807, 2.05) is 0 Å². The number of hydrogen-bond acceptors (Lipinski definition) is 5. The van der Waals surface area contributed by atoms with Crippen LogP contribution >= 0.6 is 0 Å². The number of nitrogens with zero attached hydrogens (tertiary/aromatic N) is 1. The number of carboxylic acids is 1. The largest absolute Gasteiger partial charge is 0.478 e. The van der Waals surface area contributed by atoms with Crippen LogP contribution in [0, 0.1) is 0 Å². The van der Waals surface area contributed by atoms with Gasteiger partial charge in [0.15, 0.2) is 5.71 Å². The molecule has 1 N–H and O–H groups in total. The molecule has 0 aliphatic carbocycles. The Kier molecular flexibility index (Phi) is 4.21. The standard InChI is InChI=1S/C11H11NO5/c1-16-11(15)9(12-17-2)7-5-3-4-6-8(7)10(13)14/h3-6H,1-2H3,(H,13,14)/b12-9+. The van der Waals surface area contributed by atoms with Crippen molar-refractivity contribution in [3.8, 4) is 0 Å². The van der Waals surface area contributed by atoms with E-state index in [2.05, 4.69) is 14.7 Å². The second-order valence-corrected chi connectivity index (χ2v) is 2.96. The van der Waals surface area contributed by atoms with Crippen LogP contribution in [-0.4, -0.2) is 37.0 Å². The summed E-state index contributed by atoms with van der Waals surface area (Å²) >= 11 is 0. The van der Waals surface area contributed by atoms with E-state index < -0.39 is 11.9 Å². The Balaban J connectivity index is 3.33. The number of methoxy groups -OCH3 is 1. The van der Waals surface area contributed by atoms with Crippen LogP contribution in [0.25, 0.3) is 0 Å². The van der Waals surface area contributed by atoms with Crippen LogP contribution in [0.1, 0.15) is 15.9 Å². The van der Waals surface area contributed by atoms with Gasteiger partial charge in [0.05, 0.1) is 12.7 Å². The maximum atomic E-state index is 11.5. The van der Waals surface area contributed by atoms with Gasteiger partial charge in [-0.2, -0.15) is 0 Å². The number of hydrogen-bond donors (Lipinski definition) is 1. The second-order valence-electron chi connectivity index (χ2n) is 2.96. The summed E-state index contributed by atoms with van der Waals surface area (Å²) in [6, 6.07) is 5.97. The third-order valence-electron chi connectivity index (χ3n) is 1.97. The van der Waals surface area contributed by atoms with Crippen LogP contribution < -0.4 is 0 Å². The highest BCUT2D eigenvalue weighted by molar-refractivity contribution is 6.44. The molecular formula is C11H11NO5. The van der Waals surface area contributed by atoms with Gasteiger partial charge in [-0.1, -0.05) is 23.4 Å². The highest BCUT2D eigenvalue weighted by Crippen LogP contribution is 2.11. The van der Waals surface area contributed by atoms with Gasteiger partial charge in [-0.3, -0.25) is 0 Å². The van der Waals surface area contributed by atoms with Gasteiger partial charge in [0.1, 0.15) is 7.11 Å². The van der Waals surface area contributed by atoms with E-state index >= 15 is 0 Å². The minimum Gasteiger partial charge on any atom is -0.478 e. The molecule has 1 aromatic carbocycles. The summed E-state index contributed by atoms with van der Waals surface area (Å²) in [4.78, 5) is 27.0. The molecule has 0 spiro atoms. The van der Waals surface area contributed by atoms with Crippen LogP contribution in [0.5, 0.6) is 0 Å². The number of oxime groups is 1. The van der Waals surface area contributed by atoms with Gasteiger partial charge in [0, 0.05) is 5.56 Å². The normalized spacial score (nSPS) is 10.8. The Morgan fingerprint density at radius 1 is 1.18 bits per heavy atom. The first-order chi connectivity index (χ1) is 8.11. The van der Waals surface area contributed by atoms with E-state index in [-0.39, 0.29) is 16.8 Å². The molecular weight excluding hydrogens is 226 g/mol. The van der Waals surface area contributed by atoms with Gasteiger partial charge in [-0.25, -0.2) is 9.59 Å². The van der Waals surface area contributed by atoms with E-state index in [1.165, 1.54) is 26.4 Å². The minimum absolute atomic E-state index is 0.0475. The van der Waals surface area contributed by atoms with Crippen molar-refractivity contribution in [2.45, 2.75) is 0 Å². The van der Waals surface area contributed by atoms with Crippen molar-refractivity contribution in [2.75, 3.05) is 14.2 Å². The number of aromatic carboxylic acids is 1. The minimum atomic E-state index is -1.16. The topological polar surface area (TPSA) is 85.2 Å². The monoisotopic (exact) mass is 237 g/mol. The SMILES string of the molecule is CO/N=C(/C(=O)OC)c1ccccc1C(=O)O. The summed E-state index contributed by atoms with van der Waals surface area (Å²) in [5, 5.41) is 12.5. The fourth-order valence-electron chi connectivity index (χ4n) is 1.26. The van der Waals surface area contributed by atoms with Crippen molar-refractivity contribution >= 4 is 17.7 Å². The Labute approximate surface area is 97.4 Å². The third kappa shape index (κ3) is 2.81. The smallest absolute Gasteiger partial charge is 0.360 e. The molecule has 1 rings (SSSR count). The van der Waals surface area contributed by atoms with E-state index in [0.29, 0.717) is 0 Å². The zero-order valence-electron chi connectivity index (χ0n) is 9.34. The molecule has 0 heterocycles. The lowest BCUT2D eigenvalue weighted by molar-refractivity contribution is -0.132. The van der Waals surface area contributed by atoms with E-state index in [1.54, 1.807) is 12.1 Å². The van der Waals surface area contributed by atoms with Crippen molar-refractivity contribution in [1.82, 2.24) is 0 Å².